The minimum absolute atomic E-state index is 0.469. The first kappa shape index (κ1) is 14.0. The Morgan fingerprint density at radius 1 is 1.37 bits per heavy atom. The summed E-state index contributed by atoms with van der Waals surface area (Å²) < 4.78 is 0. The van der Waals surface area contributed by atoms with E-state index < -0.39 is 6.10 Å². The Labute approximate surface area is 115 Å². The zero-order valence-electron chi connectivity index (χ0n) is 11.7. The van der Waals surface area contributed by atoms with Crippen molar-refractivity contribution in [3.63, 3.8) is 0 Å². The average molecular weight is 258 g/mol. The zero-order valence-corrected chi connectivity index (χ0v) is 11.7. The van der Waals surface area contributed by atoms with Crippen molar-refractivity contribution in [1.82, 2.24) is 4.90 Å². The van der Waals surface area contributed by atoms with Gasteiger partial charge in [-0.3, -0.25) is 4.90 Å². The van der Waals surface area contributed by atoms with Crippen molar-refractivity contribution in [2.24, 2.45) is 5.92 Å². The summed E-state index contributed by atoms with van der Waals surface area (Å²) in [5, 5.41) is 19.1. The van der Waals surface area contributed by atoms with Crippen LogP contribution in [0.15, 0.2) is 24.3 Å². The smallest absolute Gasteiger partial charge is 0.0991 e. The van der Waals surface area contributed by atoms with Gasteiger partial charge in [-0.05, 0) is 49.9 Å². The van der Waals surface area contributed by atoms with E-state index in [9.17, 15) is 5.11 Å². The molecule has 3 heteroatoms. The van der Waals surface area contributed by atoms with Crippen LogP contribution in [0.5, 0.6) is 0 Å². The van der Waals surface area contributed by atoms with Crippen molar-refractivity contribution in [2.75, 3.05) is 13.1 Å². The van der Waals surface area contributed by atoms with Crippen molar-refractivity contribution >= 4 is 0 Å². The molecule has 0 spiro atoms. The second-order valence-electron chi connectivity index (χ2n) is 5.72. The summed E-state index contributed by atoms with van der Waals surface area (Å²) in [5.41, 5.74) is 1.53. The summed E-state index contributed by atoms with van der Waals surface area (Å²) in [4.78, 5) is 2.36. The lowest BCUT2D eigenvalue weighted by Gasteiger charge is -2.37. The molecule has 3 unspecified atom stereocenters. The van der Waals surface area contributed by atoms with Crippen LogP contribution in [0.3, 0.4) is 0 Å². The number of benzene rings is 1. The van der Waals surface area contributed by atoms with Crippen LogP contribution >= 0.6 is 0 Å². The number of rotatable bonds is 3. The maximum atomic E-state index is 10.3. The van der Waals surface area contributed by atoms with E-state index in [1.165, 1.54) is 12.8 Å². The molecule has 1 aliphatic rings. The molecule has 0 bridgehead atoms. The van der Waals surface area contributed by atoms with Crippen LogP contribution in [0.4, 0.5) is 0 Å². The molecule has 1 aromatic carbocycles. The molecule has 0 amide bonds. The fraction of sp³-hybridized carbons (Fsp3) is 0.562. The molecule has 1 heterocycles. The molecule has 19 heavy (non-hydrogen) atoms. The fourth-order valence-corrected chi connectivity index (χ4v) is 2.83. The summed E-state index contributed by atoms with van der Waals surface area (Å²) in [7, 11) is 0. The number of aliphatic hydroxyl groups is 1. The molecule has 1 N–H and O–H groups in total. The molecule has 0 aliphatic carbocycles. The second-order valence-corrected chi connectivity index (χ2v) is 5.72. The summed E-state index contributed by atoms with van der Waals surface area (Å²) >= 11 is 0. The predicted octanol–water partition coefficient (Wildman–Crippen LogP) is 2.71. The lowest BCUT2D eigenvalue weighted by atomic mass is 9.93. The highest BCUT2D eigenvalue weighted by molar-refractivity contribution is 5.32. The van der Waals surface area contributed by atoms with Gasteiger partial charge in [-0.25, -0.2) is 0 Å². The van der Waals surface area contributed by atoms with E-state index in [1.54, 1.807) is 12.1 Å². The van der Waals surface area contributed by atoms with Crippen molar-refractivity contribution < 1.29 is 5.11 Å². The highest BCUT2D eigenvalue weighted by atomic mass is 16.3. The van der Waals surface area contributed by atoms with Crippen LogP contribution in [0.25, 0.3) is 0 Å². The molecule has 1 aromatic rings. The summed E-state index contributed by atoms with van der Waals surface area (Å²) in [5.74, 6) is 0.790. The van der Waals surface area contributed by atoms with Gasteiger partial charge in [-0.2, -0.15) is 5.26 Å². The Bertz CT molecular complexity index is 449. The SMILES string of the molecule is CC1CCN(CC(O)c2ccc(C#N)cc2)C(C)C1. The van der Waals surface area contributed by atoms with Crippen LogP contribution in [0, 0.1) is 17.2 Å². The molecule has 1 saturated heterocycles. The number of β-amino-alcohol motifs (C(OH)–C–C–N with tert-alkyl or cyclic N) is 1. The van der Waals surface area contributed by atoms with Gasteiger partial charge in [0.25, 0.3) is 0 Å². The molecular weight excluding hydrogens is 236 g/mol. The third kappa shape index (κ3) is 3.56. The molecule has 3 nitrogen and oxygen atoms in total. The van der Waals surface area contributed by atoms with Gasteiger partial charge in [0.2, 0.25) is 0 Å². The molecule has 3 atom stereocenters. The first-order valence-corrected chi connectivity index (χ1v) is 7.02. The topological polar surface area (TPSA) is 47.3 Å². The van der Waals surface area contributed by atoms with Crippen molar-refractivity contribution in [2.45, 2.75) is 38.8 Å². The first-order chi connectivity index (χ1) is 9.10. The first-order valence-electron chi connectivity index (χ1n) is 7.02. The number of hydrogen-bond donors (Lipinski definition) is 1. The van der Waals surface area contributed by atoms with Gasteiger partial charge in [0.05, 0.1) is 17.7 Å². The van der Waals surface area contributed by atoms with Gasteiger partial charge >= 0.3 is 0 Å². The van der Waals surface area contributed by atoms with Gasteiger partial charge in [0.15, 0.2) is 0 Å². The lowest BCUT2D eigenvalue weighted by molar-refractivity contribution is 0.0601. The molecule has 1 fully saturated rings. The Hall–Kier alpha value is -1.37. The number of nitriles is 1. The molecule has 1 aliphatic heterocycles. The average Bonchev–Trinajstić information content (AvgIpc) is 2.42. The van der Waals surface area contributed by atoms with E-state index in [-0.39, 0.29) is 0 Å². The van der Waals surface area contributed by atoms with E-state index in [4.69, 9.17) is 5.26 Å². The second kappa shape index (κ2) is 6.18. The van der Waals surface area contributed by atoms with Gasteiger partial charge in [-0.1, -0.05) is 19.1 Å². The number of piperidine rings is 1. The van der Waals surface area contributed by atoms with E-state index in [0.29, 0.717) is 18.2 Å². The largest absolute Gasteiger partial charge is 0.387 e. The normalized spacial score (nSPS) is 25.8. The standard InChI is InChI=1S/C16H22N2O/c1-12-7-8-18(13(2)9-12)11-16(19)15-5-3-14(10-17)4-6-15/h3-6,12-13,16,19H,7-9,11H2,1-2H3. The van der Waals surface area contributed by atoms with E-state index in [1.807, 2.05) is 12.1 Å². The molecule has 102 valence electrons. The van der Waals surface area contributed by atoms with Crippen LogP contribution in [-0.2, 0) is 0 Å². The molecular formula is C16H22N2O. The minimum Gasteiger partial charge on any atom is -0.387 e. The van der Waals surface area contributed by atoms with Crippen molar-refractivity contribution in [3.8, 4) is 6.07 Å². The van der Waals surface area contributed by atoms with Gasteiger partial charge < -0.3 is 5.11 Å². The summed E-state index contributed by atoms with van der Waals surface area (Å²) in [6, 6.07) is 9.86. The van der Waals surface area contributed by atoms with Crippen LogP contribution in [0.1, 0.15) is 43.9 Å². The van der Waals surface area contributed by atoms with Crippen LogP contribution in [0.2, 0.25) is 0 Å². The van der Waals surface area contributed by atoms with E-state index in [0.717, 1.165) is 18.0 Å². The molecule has 0 radical (unpaired) electrons. The van der Waals surface area contributed by atoms with Gasteiger partial charge in [0, 0.05) is 12.6 Å². The third-order valence-electron chi connectivity index (χ3n) is 4.11. The van der Waals surface area contributed by atoms with Crippen LogP contribution in [-0.4, -0.2) is 29.1 Å². The van der Waals surface area contributed by atoms with Gasteiger partial charge in [-0.15, -0.1) is 0 Å². The Morgan fingerprint density at radius 2 is 2.05 bits per heavy atom. The Kier molecular flexibility index (Phi) is 4.57. The third-order valence-corrected chi connectivity index (χ3v) is 4.11. The number of likely N-dealkylation sites (tertiary alicyclic amines) is 1. The highest BCUT2D eigenvalue weighted by Crippen LogP contribution is 2.24. The quantitative estimate of drug-likeness (QED) is 0.906. The minimum atomic E-state index is -0.469. The lowest BCUT2D eigenvalue weighted by Crippen LogP contribution is -2.42. The number of hydrogen-bond acceptors (Lipinski definition) is 3. The van der Waals surface area contributed by atoms with E-state index >= 15 is 0 Å². The Balaban J connectivity index is 1.96. The monoisotopic (exact) mass is 258 g/mol. The number of nitrogens with zero attached hydrogens (tertiary/aromatic N) is 2. The van der Waals surface area contributed by atoms with E-state index in [2.05, 4.69) is 24.8 Å². The molecule has 0 saturated carbocycles. The number of aliphatic hydroxyl groups excluding tert-OH is 1. The maximum absolute atomic E-state index is 10.3. The van der Waals surface area contributed by atoms with Crippen LogP contribution < -0.4 is 0 Å². The maximum Gasteiger partial charge on any atom is 0.0991 e. The van der Waals surface area contributed by atoms with Gasteiger partial charge in [0.1, 0.15) is 0 Å². The predicted molar refractivity (Wildman–Crippen MR) is 75.5 cm³/mol. The molecule has 0 aromatic heterocycles. The fourth-order valence-electron chi connectivity index (χ4n) is 2.83. The van der Waals surface area contributed by atoms with Crippen molar-refractivity contribution in [3.05, 3.63) is 35.4 Å². The van der Waals surface area contributed by atoms with Crippen molar-refractivity contribution in [1.29, 1.82) is 5.26 Å². The Morgan fingerprint density at radius 3 is 2.63 bits per heavy atom. The highest BCUT2D eigenvalue weighted by Gasteiger charge is 2.24. The molecule has 2 rings (SSSR count). The zero-order chi connectivity index (χ0) is 13.8. The summed E-state index contributed by atoms with van der Waals surface area (Å²) in [6.45, 7) is 6.28. The summed E-state index contributed by atoms with van der Waals surface area (Å²) in [6.07, 6.45) is 1.95.